The Bertz CT molecular complexity index is 603. The number of aryl methyl sites for hydroxylation is 2. The summed E-state index contributed by atoms with van der Waals surface area (Å²) >= 11 is 3.51. The molecule has 2 fully saturated rings. The lowest BCUT2D eigenvalue weighted by molar-refractivity contribution is -0.120. The van der Waals surface area contributed by atoms with Gasteiger partial charge in [0.25, 0.3) is 5.91 Å². The molecule has 2 saturated heterocycles. The van der Waals surface area contributed by atoms with Gasteiger partial charge in [-0.25, -0.2) is 9.69 Å². The van der Waals surface area contributed by atoms with Gasteiger partial charge < -0.3 is 10.1 Å². The number of anilines is 1. The Hall–Kier alpha value is -1.40. The Kier molecular flexibility index (Phi) is 4.23. The molecule has 0 spiro atoms. The minimum Gasteiger partial charge on any atom is -0.381 e. The third-order valence-corrected chi connectivity index (χ3v) is 5.64. The predicted molar refractivity (Wildman–Crippen MR) is 87.0 cm³/mol. The highest BCUT2D eigenvalue weighted by Gasteiger charge is 2.43. The van der Waals surface area contributed by atoms with Gasteiger partial charge in [-0.2, -0.15) is 0 Å². The summed E-state index contributed by atoms with van der Waals surface area (Å²) < 4.78 is 6.34. The normalized spacial score (nSPS) is 23.0. The van der Waals surface area contributed by atoms with E-state index < -0.39 is 6.04 Å². The predicted octanol–water partition coefficient (Wildman–Crippen LogP) is 2.92. The summed E-state index contributed by atoms with van der Waals surface area (Å²) in [5, 5.41) is 2.85. The molecule has 0 bridgehead atoms. The van der Waals surface area contributed by atoms with Crippen molar-refractivity contribution in [3.8, 4) is 0 Å². The molecule has 1 N–H and O–H groups in total. The second-order valence-corrected chi connectivity index (χ2v) is 6.74. The number of carbonyl (C=O) groups is 2. The molecule has 0 saturated carbocycles. The molecule has 2 heterocycles. The van der Waals surface area contributed by atoms with Crippen LogP contribution in [0.4, 0.5) is 10.5 Å². The molecule has 1 atom stereocenters. The van der Waals surface area contributed by atoms with Crippen LogP contribution in [0.25, 0.3) is 0 Å². The lowest BCUT2D eigenvalue weighted by Gasteiger charge is -2.25. The van der Waals surface area contributed by atoms with E-state index in [0.29, 0.717) is 18.9 Å². The van der Waals surface area contributed by atoms with Crippen LogP contribution < -0.4 is 10.2 Å². The number of amides is 3. The van der Waals surface area contributed by atoms with Gasteiger partial charge in [0, 0.05) is 17.7 Å². The average molecular weight is 367 g/mol. The quantitative estimate of drug-likeness (QED) is 0.818. The zero-order chi connectivity index (χ0) is 15.9. The van der Waals surface area contributed by atoms with E-state index in [0.717, 1.165) is 28.4 Å². The van der Waals surface area contributed by atoms with Crippen LogP contribution in [-0.4, -0.2) is 31.2 Å². The number of benzene rings is 1. The summed E-state index contributed by atoms with van der Waals surface area (Å²) in [5.41, 5.74) is 2.64. The molecular formula is C16H19BrN2O3. The number of rotatable bonds is 2. The lowest BCUT2D eigenvalue weighted by Crippen LogP contribution is -2.40. The maximum absolute atomic E-state index is 12.7. The fourth-order valence-electron chi connectivity index (χ4n) is 3.16. The van der Waals surface area contributed by atoms with Crippen molar-refractivity contribution in [1.29, 1.82) is 0 Å². The van der Waals surface area contributed by atoms with E-state index in [1.807, 2.05) is 26.0 Å². The van der Waals surface area contributed by atoms with E-state index in [1.54, 1.807) is 0 Å². The van der Waals surface area contributed by atoms with Gasteiger partial charge in [-0.15, -0.1) is 0 Å². The van der Waals surface area contributed by atoms with Crippen molar-refractivity contribution in [2.45, 2.75) is 32.7 Å². The highest BCUT2D eigenvalue weighted by atomic mass is 79.9. The van der Waals surface area contributed by atoms with Gasteiger partial charge in [0.2, 0.25) is 0 Å². The van der Waals surface area contributed by atoms with E-state index >= 15 is 0 Å². The lowest BCUT2D eigenvalue weighted by atomic mass is 9.92. The Morgan fingerprint density at radius 3 is 2.36 bits per heavy atom. The molecule has 1 aromatic carbocycles. The van der Waals surface area contributed by atoms with Gasteiger partial charge in [0.15, 0.2) is 0 Å². The minimum atomic E-state index is -0.430. The van der Waals surface area contributed by atoms with Crippen molar-refractivity contribution in [3.63, 3.8) is 0 Å². The second kappa shape index (κ2) is 6.01. The second-order valence-electron chi connectivity index (χ2n) is 5.94. The number of imide groups is 1. The van der Waals surface area contributed by atoms with Crippen molar-refractivity contribution in [3.05, 3.63) is 27.7 Å². The van der Waals surface area contributed by atoms with Crippen LogP contribution in [0.15, 0.2) is 16.6 Å². The smallest absolute Gasteiger partial charge is 0.329 e. The number of ether oxygens (including phenoxy) is 1. The van der Waals surface area contributed by atoms with Gasteiger partial charge in [0.05, 0.1) is 5.69 Å². The van der Waals surface area contributed by atoms with Crippen LogP contribution in [0.1, 0.15) is 24.0 Å². The number of urea groups is 1. The third-order valence-electron chi connectivity index (χ3n) is 4.39. The molecule has 0 aromatic heterocycles. The SMILES string of the molecule is Cc1cc(N2C(=O)NC(C3CCOCC3)C2=O)cc(C)c1Br. The Balaban J connectivity index is 1.88. The molecule has 3 rings (SSSR count). The van der Waals surface area contributed by atoms with Crippen molar-refractivity contribution in [1.82, 2.24) is 5.32 Å². The number of nitrogens with one attached hydrogen (secondary N) is 1. The summed E-state index contributed by atoms with van der Waals surface area (Å²) in [4.78, 5) is 26.3. The highest BCUT2D eigenvalue weighted by molar-refractivity contribution is 9.10. The molecule has 5 nitrogen and oxygen atoms in total. The van der Waals surface area contributed by atoms with E-state index in [1.165, 1.54) is 4.90 Å². The summed E-state index contributed by atoms with van der Waals surface area (Å²) in [6, 6.07) is 2.96. The molecule has 118 valence electrons. The fraction of sp³-hybridized carbons (Fsp3) is 0.500. The van der Waals surface area contributed by atoms with Crippen LogP contribution in [0.5, 0.6) is 0 Å². The molecular weight excluding hydrogens is 348 g/mol. The molecule has 6 heteroatoms. The van der Waals surface area contributed by atoms with Crippen LogP contribution >= 0.6 is 15.9 Å². The van der Waals surface area contributed by atoms with Crippen LogP contribution in [0, 0.1) is 19.8 Å². The topological polar surface area (TPSA) is 58.6 Å². The van der Waals surface area contributed by atoms with Gasteiger partial charge in [-0.05, 0) is 55.9 Å². The van der Waals surface area contributed by atoms with Crippen molar-refractivity contribution < 1.29 is 14.3 Å². The first kappa shape index (κ1) is 15.5. The highest BCUT2D eigenvalue weighted by Crippen LogP contribution is 2.31. The summed E-state index contributed by atoms with van der Waals surface area (Å²) in [7, 11) is 0. The molecule has 2 aliphatic rings. The Labute approximate surface area is 138 Å². The monoisotopic (exact) mass is 366 g/mol. The standard InChI is InChI=1S/C16H19BrN2O3/c1-9-7-12(8-10(2)13(9)17)19-15(20)14(18-16(19)21)11-3-5-22-6-4-11/h7-8,11,14H,3-6H2,1-2H3,(H,18,21). The molecule has 0 aliphatic carbocycles. The van der Waals surface area contributed by atoms with E-state index in [9.17, 15) is 9.59 Å². The molecule has 1 aromatic rings. The molecule has 3 amide bonds. The van der Waals surface area contributed by atoms with Crippen LogP contribution in [-0.2, 0) is 9.53 Å². The number of nitrogens with zero attached hydrogens (tertiary/aromatic N) is 1. The number of halogens is 1. The van der Waals surface area contributed by atoms with E-state index in [4.69, 9.17) is 4.74 Å². The first-order chi connectivity index (χ1) is 10.5. The summed E-state index contributed by atoms with van der Waals surface area (Å²) in [5.74, 6) is 0.00543. The van der Waals surface area contributed by atoms with Gasteiger partial charge in [-0.1, -0.05) is 15.9 Å². The van der Waals surface area contributed by atoms with Gasteiger partial charge in [0.1, 0.15) is 6.04 Å². The zero-order valence-electron chi connectivity index (χ0n) is 12.7. The Morgan fingerprint density at radius 1 is 1.18 bits per heavy atom. The summed E-state index contributed by atoms with van der Waals surface area (Å²) in [6.07, 6.45) is 1.62. The fourth-order valence-corrected chi connectivity index (χ4v) is 3.39. The average Bonchev–Trinajstić information content (AvgIpc) is 2.80. The van der Waals surface area contributed by atoms with E-state index in [-0.39, 0.29) is 17.9 Å². The first-order valence-electron chi connectivity index (χ1n) is 7.48. The Morgan fingerprint density at radius 2 is 1.77 bits per heavy atom. The number of hydrogen-bond acceptors (Lipinski definition) is 3. The maximum atomic E-state index is 12.7. The summed E-state index contributed by atoms with van der Waals surface area (Å²) in [6.45, 7) is 5.21. The third kappa shape index (κ3) is 2.65. The van der Waals surface area contributed by atoms with E-state index in [2.05, 4.69) is 21.2 Å². The van der Waals surface area contributed by atoms with Crippen LogP contribution in [0.2, 0.25) is 0 Å². The zero-order valence-corrected chi connectivity index (χ0v) is 14.3. The molecule has 22 heavy (non-hydrogen) atoms. The van der Waals surface area contributed by atoms with Crippen molar-refractivity contribution >= 4 is 33.6 Å². The largest absolute Gasteiger partial charge is 0.381 e. The number of hydrogen-bond donors (Lipinski definition) is 1. The molecule has 2 aliphatic heterocycles. The van der Waals surface area contributed by atoms with Gasteiger partial charge in [-0.3, -0.25) is 4.79 Å². The molecule has 0 radical (unpaired) electrons. The first-order valence-corrected chi connectivity index (χ1v) is 8.27. The van der Waals surface area contributed by atoms with Crippen molar-refractivity contribution in [2.75, 3.05) is 18.1 Å². The maximum Gasteiger partial charge on any atom is 0.329 e. The number of carbonyl (C=O) groups excluding carboxylic acids is 2. The van der Waals surface area contributed by atoms with Gasteiger partial charge >= 0.3 is 6.03 Å². The minimum absolute atomic E-state index is 0.155. The van der Waals surface area contributed by atoms with Crippen molar-refractivity contribution in [2.24, 2.45) is 5.92 Å². The van der Waals surface area contributed by atoms with Crippen LogP contribution in [0.3, 0.4) is 0 Å². The molecule has 1 unspecified atom stereocenters.